The molecule has 146 valence electrons. The lowest BCUT2D eigenvalue weighted by Gasteiger charge is -2.57. The van der Waals surface area contributed by atoms with Crippen LogP contribution < -0.4 is 11.1 Å². The van der Waals surface area contributed by atoms with Gasteiger partial charge in [-0.25, -0.2) is 0 Å². The minimum Gasteiger partial charge on any atom is -0.378 e. The molecule has 0 bridgehead atoms. The maximum atomic E-state index is 12.9. The molecule has 1 heterocycles. The number of carbonyl (C=O) groups is 1. The molecular formula is C20H28N4O2S. The number of amides is 1. The number of carbonyl (C=O) groups excluding carboxylic acids is 1. The van der Waals surface area contributed by atoms with Gasteiger partial charge in [-0.1, -0.05) is 55.5 Å². The fraction of sp³-hybridized carbons (Fsp3) is 0.550. The molecule has 1 aromatic carbocycles. The van der Waals surface area contributed by atoms with Crippen LogP contribution in [0.1, 0.15) is 51.6 Å². The number of anilines is 1. The van der Waals surface area contributed by atoms with E-state index in [2.05, 4.69) is 41.5 Å². The normalized spacial score (nSPS) is 24.3. The summed E-state index contributed by atoms with van der Waals surface area (Å²) in [5.74, 6) is -0.233. The van der Waals surface area contributed by atoms with Crippen LogP contribution >= 0.6 is 11.3 Å². The third kappa shape index (κ3) is 3.28. The molecule has 0 aliphatic heterocycles. The smallest absolute Gasteiger partial charge is 0.247 e. The van der Waals surface area contributed by atoms with Gasteiger partial charge in [-0.2, -0.15) is 0 Å². The number of benzene rings is 1. The molecule has 2 aromatic rings. The van der Waals surface area contributed by atoms with Crippen molar-refractivity contribution >= 4 is 22.4 Å². The highest BCUT2D eigenvalue weighted by atomic mass is 32.1. The van der Waals surface area contributed by atoms with Gasteiger partial charge in [0.15, 0.2) is 0 Å². The number of hydrogen-bond donors (Lipinski definition) is 2. The zero-order valence-electron chi connectivity index (χ0n) is 16.6. The first-order valence-corrected chi connectivity index (χ1v) is 10.1. The number of hydrogen-bond acceptors (Lipinski definition) is 6. The summed E-state index contributed by atoms with van der Waals surface area (Å²) in [7, 11) is 0. The summed E-state index contributed by atoms with van der Waals surface area (Å²) in [5.41, 5.74) is 5.88. The topological polar surface area (TPSA) is 90.1 Å². The predicted molar refractivity (Wildman–Crippen MR) is 108 cm³/mol. The molecule has 0 saturated heterocycles. The van der Waals surface area contributed by atoms with Gasteiger partial charge in [0.25, 0.3) is 0 Å². The van der Waals surface area contributed by atoms with Crippen LogP contribution in [0.3, 0.4) is 0 Å². The van der Waals surface area contributed by atoms with Crippen molar-refractivity contribution in [1.82, 2.24) is 10.2 Å². The van der Waals surface area contributed by atoms with Crippen LogP contribution in [-0.2, 0) is 14.9 Å². The van der Waals surface area contributed by atoms with Crippen LogP contribution in [0.25, 0.3) is 0 Å². The molecule has 0 spiro atoms. The predicted octanol–water partition coefficient (Wildman–Crippen LogP) is 3.34. The van der Waals surface area contributed by atoms with Gasteiger partial charge in [0.05, 0.1) is 6.10 Å². The Kier molecular flexibility index (Phi) is 5.14. The monoisotopic (exact) mass is 388 g/mol. The summed E-state index contributed by atoms with van der Waals surface area (Å²) < 4.78 is 5.70. The highest BCUT2D eigenvalue weighted by molar-refractivity contribution is 7.15. The molecule has 1 saturated carbocycles. The lowest BCUT2D eigenvalue weighted by Crippen LogP contribution is -2.74. The van der Waals surface area contributed by atoms with E-state index in [1.807, 2.05) is 39.0 Å². The van der Waals surface area contributed by atoms with E-state index in [0.29, 0.717) is 18.2 Å². The summed E-state index contributed by atoms with van der Waals surface area (Å²) in [4.78, 5) is 12.9. The maximum Gasteiger partial charge on any atom is 0.247 e. The highest BCUT2D eigenvalue weighted by Crippen LogP contribution is 2.50. The van der Waals surface area contributed by atoms with Gasteiger partial charge in [0.2, 0.25) is 11.0 Å². The first kappa shape index (κ1) is 19.9. The van der Waals surface area contributed by atoms with Gasteiger partial charge in [0, 0.05) is 23.9 Å². The van der Waals surface area contributed by atoms with Gasteiger partial charge in [-0.3, -0.25) is 10.1 Å². The fourth-order valence-corrected chi connectivity index (χ4v) is 4.40. The van der Waals surface area contributed by atoms with E-state index in [4.69, 9.17) is 10.5 Å². The third-order valence-electron chi connectivity index (χ3n) is 5.91. The average molecular weight is 389 g/mol. The number of nitrogens with zero attached hydrogens (tertiary/aromatic N) is 2. The number of aromatic nitrogens is 2. The van der Waals surface area contributed by atoms with Crippen molar-refractivity contribution in [2.24, 2.45) is 11.1 Å². The number of nitrogens with two attached hydrogens (primary N) is 1. The van der Waals surface area contributed by atoms with Crippen LogP contribution in [0.4, 0.5) is 5.13 Å². The molecule has 1 aliphatic carbocycles. The first-order chi connectivity index (χ1) is 12.6. The standard InChI is InChI=1S/C20H28N4O2S/c1-6-26-14-12-20(21,19(14,4)5)15(25)22-17-24-23-16(27-17)18(2,3)13-10-8-7-9-11-13/h7-11,14H,6,12,21H2,1-5H3,(H,22,24,25). The van der Waals surface area contributed by atoms with Gasteiger partial charge in [0.1, 0.15) is 10.5 Å². The van der Waals surface area contributed by atoms with E-state index in [-0.39, 0.29) is 17.4 Å². The summed E-state index contributed by atoms with van der Waals surface area (Å²) >= 11 is 1.38. The summed E-state index contributed by atoms with van der Waals surface area (Å²) in [5, 5.41) is 12.7. The second-order valence-electron chi connectivity index (χ2n) is 8.20. The summed E-state index contributed by atoms with van der Waals surface area (Å²) in [6.45, 7) is 10.7. The van der Waals surface area contributed by atoms with Gasteiger partial charge < -0.3 is 10.5 Å². The molecule has 1 aliphatic rings. The molecule has 0 radical (unpaired) electrons. The maximum absolute atomic E-state index is 12.9. The van der Waals surface area contributed by atoms with E-state index in [9.17, 15) is 4.79 Å². The number of ether oxygens (including phenoxy) is 1. The van der Waals surface area contributed by atoms with Crippen LogP contribution in [0, 0.1) is 5.41 Å². The van der Waals surface area contributed by atoms with Crippen molar-refractivity contribution in [1.29, 1.82) is 0 Å². The molecule has 3 N–H and O–H groups in total. The molecule has 2 atom stereocenters. The second kappa shape index (κ2) is 6.96. The Labute approximate surface area is 164 Å². The third-order valence-corrected chi connectivity index (χ3v) is 7.07. The Hall–Kier alpha value is -1.83. The minimum atomic E-state index is -0.979. The largest absolute Gasteiger partial charge is 0.378 e. The Morgan fingerprint density at radius 1 is 1.33 bits per heavy atom. The summed E-state index contributed by atoms with van der Waals surface area (Å²) in [6.07, 6.45) is 0.487. The molecule has 6 nitrogen and oxygen atoms in total. The molecule has 3 rings (SSSR count). The molecule has 2 unspecified atom stereocenters. The van der Waals surface area contributed by atoms with Gasteiger partial charge in [-0.05, 0) is 26.3 Å². The van der Waals surface area contributed by atoms with Crippen LogP contribution in [0.2, 0.25) is 0 Å². The molecule has 1 aromatic heterocycles. The number of rotatable bonds is 6. The van der Waals surface area contributed by atoms with E-state index < -0.39 is 11.0 Å². The molecule has 1 fully saturated rings. The zero-order chi connectivity index (χ0) is 19.9. The van der Waals surface area contributed by atoms with Crippen molar-refractivity contribution in [2.75, 3.05) is 11.9 Å². The Balaban J connectivity index is 1.74. The fourth-order valence-electron chi connectivity index (χ4n) is 3.53. The zero-order valence-corrected chi connectivity index (χ0v) is 17.4. The number of nitrogens with one attached hydrogen (secondary N) is 1. The van der Waals surface area contributed by atoms with Crippen LogP contribution in [0.15, 0.2) is 30.3 Å². The second-order valence-corrected chi connectivity index (χ2v) is 9.18. The highest BCUT2D eigenvalue weighted by Gasteiger charge is 2.63. The van der Waals surface area contributed by atoms with E-state index in [1.165, 1.54) is 11.3 Å². The minimum absolute atomic E-state index is 0.0137. The quantitative estimate of drug-likeness (QED) is 0.792. The van der Waals surface area contributed by atoms with Crippen molar-refractivity contribution in [3.05, 3.63) is 40.9 Å². The van der Waals surface area contributed by atoms with Crippen molar-refractivity contribution < 1.29 is 9.53 Å². The van der Waals surface area contributed by atoms with Gasteiger partial charge in [-0.15, -0.1) is 10.2 Å². The SMILES string of the molecule is CCOC1CC(N)(C(=O)Nc2nnc(C(C)(C)c3ccccc3)s2)C1(C)C. The molecule has 27 heavy (non-hydrogen) atoms. The van der Waals surface area contributed by atoms with Crippen molar-refractivity contribution in [3.63, 3.8) is 0 Å². The lowest BCUT2D eigenvalue weighted by atomic mass is 9.54. The molecular weight excluding hydrogens is 360 g/mol. The molecule has 1 amide bonds. The average Bonchev–Trinajstić information content (AvgIpc) is 3.11. The van der Waals surface area contributed by atoms with E-state index in [1.54, 1.807) is 0 Å². The van der Waals surface area contributed by atoms with Crippen molar-refractivity contribution in [2.45, 2.75) is 58.1 Å². The van der Waals surface area contributed by atoms with Gasteiger partial charge >= 0.3 is 0 Å². The Bertz CT molecular complexity index is 818. The summed E-state index contributed by atoms with van der Waals surface area (Å²) in [6, 6.07) is 10.1. The molecule has 7 heteroatoms. The van der Waals surface area contributed by atoms with E-state index in [0.717, 1.165) is 10.6 Å². The van der Waals surface area contributed by atoms with Crippen LogP contribution in [0.5, 0.6) is 0 Å². The lowest BCUT2D eigenvalue weighted by molar-refractivity contribution is -0.166. The van der Waals surface area contributed by atoms with E-state index >= 15 is 0 Å². The Morgan fingerprint density at radius 2 is 2.00 bits per heavy atom. The first-order valence-electron chi connectivity index (χ1n) is 9.24. The van der Waals surface area contributed by atoms with Crippen LogP contribution in [-0.4, -0.2) is 34.4 Å². The Morgan fingerprint density at radius 3 is 2.59 bits per heavy atom. The van der Waals surface area contributed by atoms with Crippen molar-refractivity contribution in [3.8, 4) is 0 Å².